The van der Waals surface area contributed by atoms with Crippen molar-refractivity contribution in [2.75, 3.05) is 19.6 Å². The summed E-state index contributed by atoms with van der Waals surface area (Å²) in [6.07, 6.45) is 3.74. The zero-order chi connectivity index (χ0) is 11.8. The first-order valence-corrected chi connectivity index (χ1v) is 6.50. The number of nitrogens with one attached hydrogen (secondary N) is 1. The summed E-state index contributed by atoms with van der Waals surface area (Å²) in [5.41, 5.74) is 6.53. The maximum Gasteiger partial charge on any atom is 0.128 e. The molecule has 0 radical (unpaired) electrons. The van der Waals surface area contributed by atoms with Gasteiger partial charge in [-0.3, -0.25) is 0 Å². The molecule has 0 saturated heterocycles. The first kappa shape index (κ1) is 16.4. The first-order valence-electron chi connectivity index (χ1n) is 6.50. The molecule has 0 aromatic heterocycles. The Morgan fingerprint density at radius 2 is 1.71 bits per heavy atom. The van der Waals surface area contributed by atoms with E-state index < -0.39 is 0 Å². The van der Waals surface area contributed by atoms with E-state index in [1.807, 2.05) is 0 Å². The molecule has 0 amide bonds. The lowest BCUT2D eigenvalue weighted by molar-refractivity contribution is -0.900. The Labute approximate surface area is 112 Å². The van der Waals surface area contributed by atoms with E-state index in [4.69, 9.17) is 0 Å². The molecule has 0 heterocycles. The van der Waals surface area contributed by atoms with Crippen molar-refractivity contribution in [3.63, 3.8) is 0 Å². The molecule has 0 fully saturated rings. The molecule has 0 aliphatic rings. The minimum Gasteiger partial charge on any atom is -1.00 e. The molecule has 0 spiro atoms. The van der Waals surface area contributed by atoms with Crippen molar-refractivity contribution in [2.45, 2.75) is 33.1 Å². The lowest BCUT2D eigenvalue weighted by atomic mass is 10.1. The second kappa shape index (κ2) is 9.46. The van der Waals surface area contributed by atoms with E-state index in [2.05, 4.69) is 43.8 Å². The largest absolute Gasteiger partial charge is 1.00 e. The van der Waals surface area contributed by atoms with Gasteiger partial charge in [-0.25, -0.2) is 0 Å². The number of halogens is 1. The fraction of sp³-hybridized carbons (Fsp3) is 0.571. The van der Waals surface area contributed by atoms with Crippen LogP contribution >= 0.6 is 0 Å². The van der Waals surface area contributed by atoms with Crippen molar-refractivity contribution in [1.82, 2.24) is 0 Å². The van der Waals surface area contributed by atoms with Gasteiger partial charge < -0.3 is 23.0 Å². The van der Waals surface area contributed by atoms with Crippen LogP contribution < -0.4 is 23.0 Å². The molecule has 0 aliphatic heterocycles. The van der Waals surface area contributed by atoms with Crippen molar-refractivity contribution >= 4 is 5.69 Å². The molecule has 0 saturated carbocycles. The monoisotopic (exact) mass is 257 g/mol. The van der Waals surface area contributed by atoms with Crippen LogP contribution in [0.4, 0.5) is 5.69 Å². The summed E-state index contributed by atoms with van der Waals surface area (Å²) in [6.45, 7) is 8.40. The molecular weight excluding hydrogens is 232 g/mol. The van der Waals surface area contributed by atoms with Crippen molar-refractivity contribution in [1.29, 1.82) is 0 Å². The lowest BCUT2D eigenvalue weighted by Crippen LogP contribution is -3.12. The number of quaternary nitrogens is 2. The van der Waals surface area contributed by atoms with Gasteiger partial charge in [0.1, 0.15) is 5.69 Å². The zero-order valence-electron chi connectivity index (χ0n) is 11.1. The van der Waals surface area contributed by atoms with Crippen molar-refractivity contribution in [3.05, 3.63) is 29.8 Å². The maximum atomic E-state index is 3.97. The van der Waals surface area contributed by atoms with Crippen LogP contribution in [0.5, 0.6) is 0 Å². The van der Waals surface area contributed by atoms with Crippen LogP contribution in [0.25, 0.3) is 0 Å². The van der Waals surface area contributed by atoms with E-state index in [0.29, 0.717) is 0 Å². The Kier molecular flexibility index (Phi) is 9.14. The van der Waals surface area contributed by atoms with Gasteiger partial charge in [-0.15, -0.1) is 0 Å². The van der Waals surface area contributed by atoms with Gasteiger partial charge in [0.2, 0.25) is 0 Å². The molecule has 3 heteroatoms. The number of rotatable bonds is 7. The second-order valence-electron chi connectivity index (χ2n) is 4.57. The smallest absolute Gasteiger partial charge is 0.128 e. The molecule has 1 aromatic carbocycles. The summed E-state index contributed by atoms with van der Waals surface area (Å²) in [7, 11) is 0. The van der Waals surface area contributed by atoms with Crippen LogP contribution in [-0.2, 0) is 6.42 Å². The van der Waals surface area contributed by atoms with E-state index in [9.17, 15) is 0 Å². The van der Waals surface area contributed by atoms with E-state index >= 15 is 0 Å². The molecular formula is C14H26ClN2+. The molecule has 1 aromatic rings. The number of hydrogen-bond acceptors (Lipinski definition) is 0. The second-order valence-corrected chi connectivity index (χ2v) is 4.57. The van der Waals surface area contributed by atoms with Crippen LogP contribution in [0.2, 0.25) is 0 Å². The lowest BCUT2D eigenvalue weighted by Gasteiger charge is -2.17. The van der Waals surface area contributed by atoms with E-state index in [0.717, 1.165) is 5.69 Å². The predicted octanol–water partition coefficient (Wildman–Crippen LogP) is -2.19. The van der Waals surface area contributed by atoms with Gasteiger partial charge in [-0.2, -0.15) is 0 Å². The predicted molar refractivity (Wildman–Crippen MR) is 68.8 cm³/mol. The van der Waals surface area contributed by atoms with Gasteiger partial charge in [-0.1, -0.05) is 26.0 Å². The fourth-order valence-corrected chi connectivity index (χ4v) is 2.19. The van der Waals surface area contributed by atoms with Crippen LogP contribution in [0.3, 0.4) is 0 Å². The van der Waals surface area contributed by atoms with E-state index in [1.54, 1.807) is 4.90 Å². The maximum absolute atomic E-state index is 3.97. The molecule has 0 bridgehead atoms. The molecule has 0 unspecified atom stereocenters. The summed E-state index contributed by atoms with van der Waals surface area (Å²) in [4.78, 5) is 1.74. The fourth-order valence-electron chi connectivity index (χ4n) is 2.19. The van der Waals surface area contributed by atoms with Gasteiger partial charge in [0.25, 0.3) is 0 Å². The average Bonchev–Trinajstić information content (AvgIpc) is 2.27. The van der Waals surface area contributed by atoms with Crippen molar-refractivity contribution in [3.8, 4) is 0 Å². The summed E-state index contributed by atoms with van der Waals surface area (Å²) in [5, 5.41) is 0. The highest BCUT2D eigenvalue weighted by atomic mass is 35.5. The Balaban J connectivity index is 0.00000256. The van der Waals surface area contributed by atoms with Crippen LogP contribution in [0.15, 0.2) is 24.3 Å². The third kappa shape index (κ3) is 6.67. The highest BCUT2D eigenvalue weighted by molar-refractivity contribution is 5.32. The third-order valence-electron chi connectivity index (χ3n) is 2.97. The third-order valence-corrected chi connectivity index (χ3v) is 2.97. The topological polar surface area (TPSA) is 32.1 Å². The highest BCUT2D eigenvalue weighted by Gasteiger charge is 2.06. The molecule has 17 heavy (non-hydrogen) atoms. The zero-order valence-corrected chi connectivity index (χ0v) is 11.9. The summed E-state index contributed by atoms with van der Waals surface area (Å²) < 4.78 is 0. The van der Waals surface area contributed by atoms with Crippen LogP contribution in [0, 0.1) is 0 Å². The van der Waals surface area contributed by atoms with E-state index in [1.165, 1.54) is 44.5 Å². The SMILES string of the molecule is CCC[NH+](CCC)CCc1cccc([NH3+])c1.[Cl-]. The van der Waals surface area contributed by atoms with Crippen LogP contribution in [0.1, 0.15) is 32.3 Å². The van der Waals surface area contributed by atoms with Crippen LogP contribution in [-0.4, -0.2) is 19.6 Å². The Morgan fingerprint density at radius 1 is 1.06 bits per heavy atom. The van der Waals surface area contributed by atoms with Gasteiger partial charge in [0.15, 0.2) is 0 Å². The minimum absolute atomic E-state index is 0. The van der Waals surface area contributed by atoms with Crippen molar-refractivity contribution in [2.24, 2.45) is 0 Å². The Morgan fingerprint density at radius 3 is 2.24 bits per heavy atom. The van der Waals surface area contributed by atoms with Gasteiger partial charge in [-0.05, 0) is 24.5 Å². The Hall–Kier alpha value is -0.570. The highest BCUT2D eigenvalue weighted by Crippen LogP contribution is 2.04. The van der Waals surface area contributed by atoms with Gasteiger partial charge in [0, 0.05) is 12.5 Å². The molecule has 1 rings (SSSR count). The molecule has 2 nitrogen and oxygen atoms in total. The standard InChI is InChI=1S/C14H24N2.ClH/c1-3-9-16(10-4-2)11-8-13-6-5-7-14(15)12-13;/h5-7,12H,3-4,8-11,15H2,1-2H3;1H/p+1. The number of benzene rings is 1. The number of hydrogen-bond donors (Lipinski definition) is 2. The van der Waals surface area contributed by atoms with Gasteiger partial charge in [0.05, 0.1) is 19.6 Å². The summed E-state index contributed by atoms with van der Waals surface area (Å²) in [6, 6.07) is 8.59. The van der Waals surface area contributed by atoms with Crippen molar-refractivity contribution < 1.29 is 23.0 Å². The van der Waals surface area contributed by atoms with E-state index in [-0.39, 0.29) is 12.4 Å². The Bertz CT molecular complexity index is 296. The van der Waals surface area contributed by atoms with Gasteiger partial charge >= 0.3 is 0 Å². The first-order chi connectivity index (χ1) is 7.76. The molecule has 0 aliphatic carbocycles. The quantitative estimate of drug-likeness (QED) is 0.557. The average molecular weight is 258 g/mol. The minimum atomic E-state index is 0. The molecule has 98 valence electrons. The molecule has 4 N–H and O–H groups in total. The molecule has 0 atom stereocenters. The normalized spacial score (nSPS) is 10.4. The summed E-state index contributed by atoms with van der Waals surface area (Å²) >= 11 is 0. The summed E-state index contributed by atoms with van der Waals surface area (Å²) in [5.74, 6) is 0.